The summed E-state index contributed by atoms with van der Waals surface area (Å²) in [5, 5.41) is 5.29. The number of aromatic nitrogens is 1. The van der Waals surface area contributed by atoms with Crippen molar-refractivity contribution in [1.29, 1.82) is 0 Å². The molecule has 2 heterocycles. The summed E-state index contributed by atoms with van der Waals surface area (Å²) in [6.07, 6.45) is 2.05. The fourth-order valence-corrected chi connectivity index (χ4v) is 3.47. The largest absolute Gasteiger partial charge is 0.494 e. The number of anilines is 1. The molecule has 28 heavy (non-hydrogen) atoms. The molecule has 0 spiro atoms. The minimum Gasteiger partial charge on any atom is -0.494 e. The Hall–Kier alpha value is -3.06. The molecule has 0 unspecified atom stereocenters. The van der Waals surface area contributed by atoms with Gasteiger partial charge in [-0.1, -0.05) is 19.4 Å². The molecule has 1 aromatic heterocycles. The van der Waals surface area contributed by atoms with Crippen LogP contribution < -0.4 is 19.5 Å². The van der Waals surface area contributed by atoms with Gasteiger partial charge >= 0.3 is 0 Å². The van der Waals surface area contributed by atoms with E-state index >= 15 is 0 Å². The number of nitrogens with zero attached hydrogens (tertiary/aromatic N) is 1. The zero-order chi connectivity index (χ0) is 19.3. The Morgan fingerprint density at radius 1 is 1.21 bits per heavy atom. The predicted octanol–water partition coefficient (Wildman–Crippen LogP) is 4.97. The minimum absolute atomic E-state index is 0.215. The van der Waals surface area contributed by atoms with E-state index in [-0.39, 0.29) is 12.7 Å². The molecule has 0 saturated heterocycles. The molecule has 1 amide bonds. The van der Waals surface area contributed by atoms with E-state index in [4.69, 9.17) is 14.2 Å². The maximum Gasteiger partial charge on any atom is 0.257 e. The molecule has 0 atom stereocenters. The lowest BCUT2D eigenvalue weighted by Crippen LogP contribution is -2.11. The molecule has 0 saturated carbocycles. The van der Waals surface area contributed by atoms with Gasteiger partial charge in [0.25, 0.3) is 5.91 Å². The molecule has 0 bridgehead atoms. The van der Waals surface area contributed by atoms with Crippen LogP contribution in [-0.2, 0) is 0 Å². The van der Waals surface area contributed by atoms with Crippen LogP contribution in [0.15, 0.2) is 47.8 Å². The topological polar surface area (TPSA) is 69.7 Å². The number of rotatable bonds is 7. The van der Waals surface area contributed by atoms with Crippen LogP contribution in [0, 0.1) is 0 Å². The number of hydrogen-bond acceptors (Lipinski definition) is 6. The third-order valence-corrected chi connectivity index (χ3v) is 5.01. The maximum absolute atomic E-state index is 12.6. The zero-order valence-electron chi connectivity index (χ0n) is 15.4. The summed E-state index contributed by atoms with van der Waals surface area (Å²) in [6, 6.07) is 12.8. The highest BCUT2D eigenvalue weighted by molar-refractivity contribution is 7.14. The number of fused-ring (bicyclic) bond motifs is 1. The summed E-state index contributed by atoms with van der Waals surface area (Å²) >= 11 is 1.38. The van der Waals surface area contributed by atoms with Gasteiger partial charge in [0.15, 0.2) is 16.6 Å². The van der Waals surface area contributed by atoms with E-state index in [1.165, 1.54) is 11.3 Å². The molecule has 1 N–H and O–H groups in total. The maximum atomic E-state index is 12.6. The third-order valence-electron chi connectivity index (χ3n) is 4.26. The molecule has 0 aliphatic carbocycles. The van der Waals surface area contributed by atoms with Crippen molar-refractivity contribution in [2.24, 2.45) is 0 Å². The first-order chi connectivity index (χ1) is 13.7. The summed E-state index contributed by atoms with van der Waals surface area (Å²) in [6.45, 7) is 2.99. The average Bonchev–Trinajstić information content (AvgIpc) is 3.37. The molecular weight excluding hydrogens is 376 g/mol. The molecule has 144 valence electrons. The lowest BCUT2D eigenvalue weighted by atomic mass is 10.1. The van der Waals surface area contributed by atoms with Crippen LogP contribution >= 0.6 is 11.3 Å². The zero-order valence-corrected chi connectivity index (χ0v) is 16.3. The van der Waals surface area contributed by atoms with E-state index in [0.29, 0.717) is 28.8 Å². The molecule has 4 rings (SSSR count). The van der Waals surface area contributed by atoms with E-state index in [0.717, 1.165) is 29.8 Å². The van der Waals surface area contributed by atoms with Crippen molar-refractivity contribution < 1.29 is 19.0 Å². The van der Waals surface area contributed by atoms with E-state index < -0.39 is 0 Å². The van der Waals surface area contributed by atoms with Crippen molar-refractivity contribution in [2.75, 3.05) is 18.7 Å². The Morgan fingerprint density at radius 3 is 3.00 bits per heavy atom. The van der Waals surface area contributed by atoms with E-state index in [1.807, 2.05) is 35.7 Å². The Bertz CT molecular complexity index is 986. The Labute approximate surface area is 167 Å². The molecule has 1 aliphatic rings. The van der Waals surface area contributed by atoms with Gasteiger partial charge in [0.05, 0.1) is 12.3 Å². The number of unbranched alkanes of at least 4 members (excludes halogenated alkanes) is 1. The minimum atomic E-state index is -0.215. The smallest absolute Gasteiger partial charge is 0.257 e. The van der Waals surface area contributed by atoms with Crippen molar-refractivity contribution >= 4 is 22.4 Å². The standard InChI is InChI=1S/C21H20N2O4S/c1-2-3-9-25-16-6-4-5-15(10-16)20(24)23-21-22-17(12-28-21)14-7-8-18-19(11-14)27-13-26-18/h4-8,10-12H,2-3,9,13H2,1H3,(H,22,23,24). The highest BCUT2D eigenvalue weighted by Gasteiger charge is 2.16. The molecule has 2 aromatic carbocycles. The second-order valence-electron chi connectivity index (χ2n) is 6.29. The summed E-state index contributed by atoms with van der Waals surface area (Å²) in [5.41, 5.74) is 2.22. The van der Waals surface area contributed by atoms with E-state index in [9.17, 15) is 4.79 Å². The van der Waals surface area contributed by atoms with Gasteiger partial charge in [-0.15, -0.1) is 11.3 Å². The molecule has 3 aromatic rings. The number of carbonyl (C=O) groups excluding carboxylic acids is 1. The lowest BCUT2D eigenvalue weighted by Gasteiger charge is -2.07. The quantitative estimate of drug-likeness (QED) is 0.571. The average molecular weight is 396 g/mol. The fourth-order valence-electron chi connectivity index (χ4n) is 2.75. The summed E-state index contributed by atoms with van der Waals surface area (Å²) in [7, 11) is 0. The van der Waals surface area contributed by atoms with Gasteiger partial charge in [-0.3, -0.25) is 10.1 Å². The monoisotopic (exact) mass is 396 g/mol. The second-order valence-corrected chi connectivity index (χ2v) is 7.15. The number of thiazole rings is 1. The predicted molar refractivity (Wildman–Crippen MR) is 108 cm³/mol. The van der Waals surface area contributed by atoms with Crippen molar-refractivity contribution in [2.45, 2.75) is 19.8 Å². The van der Waals surface area contributed by atoms with Gasteiger partial charge in [0.1, 0.15) is 5.75 Å². The lowest BCUT2D eigenvalue weighted by molar-refractivity contribution is 0.102. The van der Waals surface area contributed by atoms with E-state index in [2.05, 4.69) is 17.2 Å². The third kappa shape index (κ3) is 4.09. The van der Waals surface area contributed by atoms with Crippen LogP contribution in [0.5, 0.6) is 17.2 Å². The fraction of sp³-hybridized carbons (Fsp3) is 0.238. The second kappa shape index (κ2) is 8.31. The highest BCUT2D eigenvalue weighted by Crippen LogP contribution is 2.36. The first kappa shape index (κ1) is 18.3. The molecular formula is C21H20N2O4S. The van der Waals surface area contributed by atoms with Gasteiger partial charge in [0.2, 0.25) is 6.79 Å². The van der Waals surface area contributed by atoms with E-state index in [1.54, 1.807) is 12.1 Å². The number of amides is 1. The number of hydrogen-bond donors (Lipinski definition) is 1. The number of ether oxygens (including phenoxy) is 3. The first-order valence-electron chi connectivity index (χ1n) is 9.12. The molecule has 0 fully saturated rings. The molecule has 0 radical (unpaired) electrons. The van der Waals surface area contributed by atoms with Crippen LogP contribution in [0.1, 0.15) is 30.1 Å². The normalized spacial score (nSPS) is 12.0. The van der Waals surface area contributed by atoms with Crippen LogP contribution in [0.3, 0.4) is 0 Å². The molecule has 7 heteroatoms. The highest BCUT2D eigenvalue weighted by atomic mass is 32.1. The van der Waals surface area contributed by atoms with Gasteiger partial charge in [0, 0.05) is 16.5 Å². The summed E-state index contributed by atoms with van der Waals surface area (Å²) in [5.74, 6) is 1.92. The van der Waals surface area contributed by atoms with Gasteiger partial charge in [-0.05, 0) is 42.8 Å². The molecule has 6 nitrogen and oxygen atoms in total. The van der Waals surface area contributed by atoms with Crippen molar-refractivity contribution in [3.05, 3.63) is 53.4 Å². The SMILES string of the molecule is CCCCOc1cccc(C(=O)Nc2nc(-c3ccc4c(c3)OCO4)cs2)c1. The first-order valence-corrected chi connectivity index (χ1v) is 10.0. The van der Waals surface area contributed by atoms with Crippen LogP contribution in [0.2, 0.25) is 0 Å². The van der Waals surface area contributed by atoms with Crippen molar-refractivity contribution in [1.82, 2.24) is 4.98 Å². The van der Waals surface area contributed by atoms with Crippen LogP contribution in [0.4, 0.5) is 5.13 Å². The van der Waals surface area contributed by atoms with Crippen molar-refractivity contribution in [3.8, 4) is 28.5 Å². The van der Waals surface area contributed by atoms with Crippen molar-refractivity contribution in [3.63, 3.8) is 0 Å². The number of nitrogens with one attached hydrogen (secondary N) is 1. The Kier molecular flexibility index (Phi) is 5.43. The van der Waals surface area contributed by atoms with Gasteiger partial charge in [-0.25, -0.2) is 4.98 Å². The van der Waals surface area contributed by atoms with Gasteiger partial charge < -0.3 is 14.2 Å². The van der Waals surface area contributed by atoms with Crippen LogP contribution in [-0.4, -0.2) is 24.3 Å². The van der Waals surface area contributed by atoms with Gasteiger partial charge in [-0.2, -0.15) is 0 Å². The summed E-state index contributed by atoms with van der Waals surface area (Å²) in [4.78, 5) is 17.1. The Balaban J connectivity index is 1.44. The molecule has 1 aliphatic heterocycles. The number of benzene rings is 2. The summed E-state index contributed by atoms with van der Waals surface area (Å²) < 4.78 is 16.4. The Morgan fingerprint density at radius 2 is 2.11 bits per heavy atom. The van der Waals surface area contributed by atoms with Crippen LogP contribution in [0.25, 0.3) is 11.3 Å². The number of carbonyl (C=O) groups is 1.